The van der Waals surface area contributed by atoms with E-state index < -0.39 is 0 Å². The highest BCUT2D eigenvalue weighted by atomic mass is 14.9. The summed E-state index contributed by atoms with van der Waals surface area (Å²) in [7, 11) is 0. The van der Waals surface area contributed by atoms with Gasteiger partial charge in [0.1, 0.15) is 0 Å². The van der Waals surface area contributed by atoms with Crippen LogP contribution in [0.5, 0.6) is 0 Å². The highest BCUT2D eigenvalue weighted by Gasteiger charge is 2.27. The molecule has 2 heteroatoms. The number of rotatable bonds is 6. The smallest absolute Gasteiger partial charge is 0.0469 e. The summed E-state index contributed by atoms with van der Waals surface area (Å²) >= 11 is 0. The van der Waals surface area contributed by atoms with E-state index in [0.29, 0.717) is 17.9 Å². The van der Waals surface area contributed by atoms with E-state index in [4.69, 9.17) is 0 Å². The van der Waals surface area contributed by atoms with Crippen LogP contribution in [0.4, 0.5) is 0 Å². The van der Waals surface area contributed by atoms with E-state index in [9.17, 15) is 0 Å². The molecule has 0 fully saturated rings. The lowest BCUT2D eigenvalue weighted by molar-refractivity contribution is 0.336. The molecule has 106 valence electrons. The lowest BCUT2D eigenvalue weighted by atomic mass is 9.77. The van der Waals surface area contributed by atoms with Gasteiger partial charge in [0.05, 0.1) is 0 Å². The van der Waals surface area contributed by atoms with Crippen LogP contribution in [-0.4, -0.2) is 17.6 Å². The van der Waals surface area contributed by atoms with Crippen molar-refractivity contribution in [1.29, 1.82) is 0 Å². The first-order valence-corrected chi connectivity index (χ1v) is 7.89. The maximum Gasteiger partial charge on any atom is 0.0469 e. The molecule has 3 unspecified atom stereocenters. The monoisotopic (exact) mass is 260 g/mol. The van der Waals surface area contributed by atoms with Gasteiger partial charge in [-0.15, -0.1) is 0 Å². The topological polar surface area (TPSA) is 24.9 Å². The van der Waals surface area contributed by atoms with E-state index in [1.54, 1.807) is 0 Å². The Bertz CT molecular complexity index is 389. The third-order valence-electron chi connectivity index (χ3n) is 4.39. The van der Waals surface area contributed by atoms with E-state index in [2.05, 4.69) is 43.2 Å². The number of nitrogens with zero attached hydrogens (tertiary/aromatic N) is 1. The molecule has 0 saturated carbocycles. The molecule has 1 aliphatic rings. The van der Waals surface area contributed by atoms with E-state index in [0.717, 1.165) is 6.54 Å². The lowest BCUT2D eigenvalue weighted by Crippen LogP contribution is -2.30. The minimum absolute atomic E-state index is 0.615. The van der Waals surface area contributed by atoms with E-state index in [1.807, 2.05) is 6.20 Å². The Morgan fingerprint density at radius 1 is 1.42 bits per heavy atom. The molecule has 2 rings (SSSR count). The second-order valence-corrected chi connectivity index (χ2v) is 6.11. The molecular formula is C17H28N2. The Morgan fingerprint density at radius 2 is 2.26 bits per heavy atom. The number of fused-ring (bicyclic) bond motifs is 1. The molecule has 0 radical (unpaired) electrons. The minimum Gasteiger partial charge on any atom is -0.314 e. The third-order valence-corrected chi connectivity index (χ3v) is 4.39. The summed E-state index contributed by atoms with van der Waals surface area (Å²) in [6.07, 6.45) is 8.28. The Morgan fingerprint density at radius 3 is 3.05 bits per heavy atom. The van der Waals surface area contributed by atoms with E-state index >= 15 is 0 Å². The van der Waals surface area contributed by atoms with Crippen LogP contribution < -0.4 is 5.32 Å². The molecule has 19 heavy (non-hydrogen) atoms. The van der Waals surface area contributed by atoms with Crippen LogP contribution in [0, 0.1) is 5.92 Å². The molecule has 3 atom stereocenters. The third kappa shape index (κ3) is 3.79. The number of aromatic nitrogens is 1. The summed E-state index contributed by atoms with van der Waals surface area (Å²) in [5, 5.41) is 3.61. The second-order valence-electron chi connectivity index (χ2n) is 6.11. The Balaban J connectivity index is 1.98. The van der Waals surface area contributed by atoms with E-state index in [1.165, 1.54) is 43.4 Å². The maximum absolute atomic E-state index is 4.67. The van der Waals surface area contributed by atoms with Crippen LogP contribution >= 0.6 is 0 Å². The van der Waals surface area contributed by atoms with E-state index in [-0.39, 0.29) is 0 Å². The van der Waals surface area contributed by atoms with Crippen LogP contribution in [0.2, 0.25) is 0 Å². The Kier molecular flexibility index (Phi) is 5.38. The second kappa shape index (κ2) is 7.04. The molecule has 1 aromatic heterocycles. The summed E-state index contributed by atoms with van der Waals surface area (Å²) in [6, 6.07) is 4.96. The van der Waals surface area contributed by atoms with Gasteiger partial charge in [-0.05, 0) is 63.1 Å². The summed E-state index contributed by atoms with van der Waals surface area (Å²) in [5.74, 6) is 1.38. The van der Waals surface area contributed by atoms with Gasteiger partial charge < -0.3 is 5.32 Å². The predicted octanol–water partition coefficient (Wildman–Crippen LogP) is 3.92. The van der Waals surface area contributed by atoms with Crippen LogP contribution in [-0.2, 0) is 6.42 Å². The fourth-order valence-corrected chi connectivity index (χ4v) is 3.40. The zero-order chi connectivity index (χ0) is 13.7. The Hall–Kier alpha value is -0.890. The van der Waals surface area contributed by atoms with Crippen molar-refractivity contribution in [2.24, 2.45) is 5.92 Å². The zero-order valence-electron chi connectivity index (χ0n) is 12.7. The molecule has 0 saturated heterocycles. The molecule has 1 N–H and O–H groups in total. The molecule has 0 bridgehead atoms. The molecule has 1 aromatic rings. The average Bonchev–Trinajstić information content (AvgIpc) is 2.44. The van der Waals surface area contributed by atoms with Crippen molar-refractivity contribution in [3.63, 3.8) is 0 Å². The normalized spacial score (nSPS) is 21.7. The number of nitrogens with one attached hydrogen (secondary N) is 1. The van der Waals surface area contributed by atoms with Gasteiger partial charge in [-0.1, -0.05) is 19.9 Å². The van der Waals surface area contributed by atoms with Crippen molar-refractivity contribution in [1.82, 2.24) is 10.3 Å². The summed E-state index contributed by atoms with van der Waals surface area (Å²) in [6.45, 7) is 8.07. The predicted molar refractivity (Wildman–Crippen MR) is 81.5 cm³/mol. The highest BCUT2D eigenvalue weighted by Crippen LogP contribution is 2.37. The number of hydrogen-bond acceptors (Lipinski definition) is 2. The SMILES string of the molecule is CCCNC(C)CC(C)C1CCCc2cccnc21. The van der Waals surface area contributed by atoms with Crippen molar-refractivity contribution >= 4 is 0 Å². The van der Waals surface area contributed by atoms with Gasteiger partial charge in [-0.2, -0.15) is 0 Å². The molecule has 1 aliphatic carbocycles. The van der Waals surface area contributed by atoms with Crippen molar-refractivity contribution in [2.75, 3.05) is 6.54 Å². The number of pyridine rings is 1. The first-order chi connectivity index (χ1) is 9.22. The lowest BCUT2D eigenvalue weighted by Gasteiger charge is -2.31. The van der Waals surface area contributed by atoms with Crippen molar-refractivity contribution in [3.8, 4) is 0 Å². The van der Waals surface area contributed by atoms with Crippen LogP contribution in [0.15, 0.2) is 18.3 Å². The molecule has 2 nitrogen and oxygen atoms in total. The van der Waals surface area contributed by atoms with Gasteiger partial charge in [0.2, 0.25) is 0 Å². The number of aryl methyl sites for hydroxylation is 1. The van der Waals surface area contributed by atoms with Gasteiger partial charge in [0.15, 0.2) is 0 Å². The van der Waals surface area contributed by atoms with Gasteiger partial charge in [0.25, 0.3) is 0 Å². The van der Waals surface area contributed by atoms with Gasteiger partial charge in [-0.25, -0.2) is 0 Å². The summed E-state index contributed by atoms with van der Waals surface area (Å²) in [4.78, 5) is 4.67. The molecule has 0 amide bonds. The Labute approximate surface area is 118 Å². The zero-order valence-corrected chi connectivity index (χ0v) is 12.7. The quantitative estimate of drug-likeness (QED) is 0.838. The molecule has 0 aliphatic heterocycles. The van der Waals surface area contributed by atoms with Gasteiger partial charge in [-0.3, -0.25) is 4.98 Å². The van der Waals surface area contributed by atoms with Crippen molar-refractivity contribution in [3.05, 3.63) is 29.6 Å². The first-order valence-electron chi connectivity index (χ1n) is 7.89. The fraction of sp³-hybridized carbons (Fsp3) is 0.706. The molecular weight excluding hydrogens is 232 g/mol. The first kappa shape index (κ1) is 14.5. The molecule has 1 heterocycles. The number of hydrogen-bond donors (Lipinski definition) is 1. The van der Waals surface area contributed by atoms with Gasteiger partial charge >= 0.3 is 0 Å². The maximum atomic E-state index is 4.67. The fourth-order valence-electron chi connectivity index (χ4n) is 3.40. The summed E-state index contributed by atoms with van der Waals surface area (Å²) in [5.41, 5.74) is 2.86. The largest absolute Gasteiger partial charge is 0.314 e. The van der Waals surface area contributed by atoms with Gasteiger partial charge in [0, 0.05) is 23.9 Å². The van der Waals surface area contributed by atoms with Crippen molar-refractivity contribution in [2.45, 2.75) is 64.8 Å². The van der Waals surface area contributed by atoms with Crippen LogP contribution in [0.3, 0.4) is 0 Å². The summed E-state index contributed by atoms with van der Waals surface area (Å²) < 4.78 is 0. The standard InChI is InChI=1S/C17H28N2/c1-4-10-18-14(3)12-13(2)16-9-5-7-15-8-6-11-19-17(15)16/h6,8,11,13-14,16,18H,4-5,7,9-10,12H2,1-3H3. The minimum atomic E-state index is 0.615. The average molecular weight is 260 g/mol. The van der Waals surface area contributed by atoms with Crippen molar-refractivity contribution < 1.29 is 0 Å². The molecule has 0 aromatic carbocycles. The van der Waals surface area contributed by atoms with Crippen LogP contribution in [0.25, 0.3) is 0 Å². The molecule has 0 spiro atoms. The van der Waals surface area contributed by atoms with Crippen LogP contribution in [0.1, 0.15) is 63.6 Å². The highest BCUT2D eigenvalue weighted by molar-refractivity contribution is 5.26.